The topological polar surface area (TPSA) is 49.8 Å². The van der Waals surface area contributed by atoms with Crippen molar-refractivity contribution in [3.63, 3.8) is 0 Å². The summed E-state index contributed by atoms with van der Waals surface area (Å²) in [6.07, 6.45) is 4.12. The molecule has 0 bridgehead atoms. The fourth-order valence-corrected chi connectivity index (χ4v) is 3.26. The zero-order valence-corrected chi connectivity index (χ0v) is 13.6. The van der Waals surface area contributed by atoms with Gasteiger partial charge in [0.15, 0.2) is 0 Å². The lowest BCUT2D eigenvalue weighted by molar-refractivity contribution is 0.0695. The monoisotopic (exact) mass is 323 g/mol. The number of carbonyl (C=O) groups is 1. The summed E-state index contributed by atoms with van der Waals surface area (Å²) >= 11 is 6.17. The number of ether oxygens (including phenoxy) is 1. The molecule has 1 fully saturated rings. The van der Waals surface area contributed by atoms with E-state index in [9.17, 15) is 9.90 Å². The summed E-state index contributed by atoms with van der Waals surface area (Å²) in [4.78, 5) is 13.8. The average Bonchev–Trinajstić information content (AvgIpc) is 2.51. The molecule has 0 amide bonds. The standard InChI is InChI=1S/C17H22ClNO3/c1-3-5-14-15(17(20)21)10-12(18)11-16(14)19(4-2)13-6-8-22-9-7-13/h3,10-11,13H,1,4-9H2,2H3,(H,20,21). The van der Waals surface area contributed by atoms with Crippen LogP contribution >= 0.6 is 11.6 Å². The quantitative estimate of drug-likeness (QED) is 0.810. The van der Waals surface area contributed by atoms with E-state index in [1.807, 2.05) is 6.07 Å². The number of halogens is 1. The third kappa shape index (κ3) is 3.62. The van der Waals surface area contributed by atoms with Gasteiger partial charge in [-0.2, -0.15) is 0 Å². The zero-order valence-electron chi connectivity index (χ0n) is 12.8. The summed E-state index contributed by atoms with van der Waals surface area (Å²) in [7, 11) is 0. The van der Waals surface area contributed by atoms with Crippen LogP contribution in [0.3, 0.4) is 0 Å². The highest BCUT2D eigenvalue weighted by atomic mass is 35.5. The molecular formula is C17H22ClNO3. The van der Waals surface area contributed by atoms with Gasteiger partial charge in [0.1, 0.15) is 0 Å². The molecule has 0 atom stereocenters. The SMILES string of the molecule is C=CCc1c(C(=O)O)cc(Cl)cc1N(CC)C1CCOCC1. The molecular weight excluding hydrogens is 302 g/mol. The van der Waals surface area contributed by atoms with E-state index < -0.39 is 5.97 Å². The molecule has 22 heavy (non-hydrogen) atoms. The zero-order chi connectivity index (χ0) is 16.1. The van der Waals surface area contributed by atoms with Gasteiger partial charge in [-0.05, 0) is 43.9 Å². The molecule has 1 heterocycles. The van der Waals surface area contributed by atoms with Crippen LogP contribution in [0.5, 0.6) is 0 Å². The fraction of sp³-hybridized carbons (Fsp3) is 0.471. The minimum atomic E-state index is -0.955. The molecule has 1 aromatic carbocycles. The van der Waals surface area contributed by atoms with Gasteiger partial charge in [0, 0.05) is 36.5 Å². The summed E-state index contributed by atoms with van der Waals surface area (Å²) in [6.45, 7) is 8.11. The molecule has 0 saturated carbocycles. The summed E-state index contributed by atoms with van der Waals surface area (Å²) in [5.41, 5.74) is 1.94. The minimum Gasteiger partial charge on any atom is -0.478 e. The first-order valence-corrected chi connectivity index (χ1v) is 7.97. The number of carboxylic acid groups (broad SMARTS) is 1. The van der Waals surface area contributed by atoms with Gasteiger partial charge >= 0.3 is 5.97 Å². The van der Waals surface area contributed by atoms with Crippen molar-refractivity contribution in [2.75, 3.05) is 24.7 Å². The molecule has 0 unspecified atom stereocenters. The Kier molecular flexibility index (Phi) is 5.86. The predicted molar refractivity (Wildman–Crippen MR) is 89.2 cm³/mol. The number of hydrogen-bond acceptors (Lipinski definition) is 3. The van der Waals surface area contributed by atoms with Crippen LogP contribution in [0.2, 0.25) is 5.02 Å². The van der Waals surface area contributed by atoms with E-state index >= 15 is 0 Å². The van der Waals surface area contributed by atoms with Crippen molar-refractivity contribution in [2.24, 2.45) is 0 Å². The van der Waals surface area contributed by atoms with Crippen molar-refractivity contribution < 1.29 is 14.6 Å². The average molecular weight is 324 g/mol. The number of allylic oxidation sites excluding steroid dienone is 1. The second-order valence-corrected chi connectivity index (χ2v) is 5.81. The Hall–Kier alpha value is -1.52. The first-order valence-electron chi connectivity index (χ1n) is 7.59. The molecule has 1 aliphatic heterocycles. The van der Waals surface area contributed by atoms with E-state index in [0.29, 0.717) is 17.5 Å². The van der Waals surface area contributed by atoms with Crippen LogP contribution in [0.15, 0.2) is 24.8 Å². The Morgan fingerprint density at radius 3 is 2.73 bits per heavy atom. The first-order chi connectivity index (χ1) is 10.6. The van der Waals surface area contributed by atoms with Crippen LogP contribution < -0.4 is 4.90 Å². The van der Waals surface area contributed by atoms with E-state index in [1.54, 1.807) is 6.08 Å². The lowest BCUT2D eigenvalue weighted by Crippen LogP contribution is -2.40. The lowest BCUT2D eigenvalue weighted by atomic mass is 9.98. The van der Waals surface area contributed by atoms with Crippen molar-refractivity contribution >= 4 is 23.3 Å². The van der Waals surface area contributed by atoms with Gasteiger partial charge in [-0.15, -0.1) is 6.58 Å². The fourth-order valence-electron chi connectivity index (χ4n) is 3.05. The van der Waals surface area contributed by atoms with E-state index in [-0.39, 0.29) is 5.56 Å². The van der Waals surface area contributed by atoms with Crippen LogP contribution in [0.1, 0.15) is 35.7 Å². The summed E-state index contributed by atoms with van der Waals surface area (Å²) in [5.74, 6) is -0.955. The molecule has 0 spiro atoms. The predicted octanol–water partition coefficient (Wildman–Crippen LogP) is 3.77. The Bertz CT molecular complexity index is 553. The van der Waals surface area contributed by atoms with Crippen molar-refractivity contribution in [3.8, 4) is 0 Å². The molecule has 1 N–H and O–H groups in total. The number of rotatable bonds is 6. The second kappa shape index (κ2) is 7.65. The molecule has 0 radical (unpaired) electrons. The van der Waals surface area contributed by atoms with E-state index in [0.717, 1.165) is 43.9 Å². The maximum Gasteiger partial charge on any atom is 0.336 e. The molecule has 2 rings (SSSR count). The molecule has 1 aliphatic rings. The van der Waals surface area contributed by atoms with Gasteiger partial charge in [-0.25, -0.2) is 4.79 Å². The van der Waals surface area contributed by atoms with E-state index in [1.165, 1.54) is 6.07 Å². The molecule has 4 nitrogen and oxygen atoms in total. The van der Waals surface area contributed by atoms with Gasteiger partial charge in [-0.3, -0.25) is 0 Å². The Labute approximate surface area is 136 Å². The molecule has 0 aliphatic carbocycles. The summed E-state index contributed by atoms with van der Waals surface area (Å²) < 4.78 is 5.43. The first kappa shape index (κ1) is 16.8. The summed E-state index contributed by atoms with van der Waals surface area (Å²) in [5, 5.41) is 9.92. The Morgan fingerprint density at radius 1 is 1.50 bits per heavy atom. The van der Waals surface area contributed by atoms with Gasteiger partial charge < -0.3 is 14.7 Å². The Morgan fingerprint density at radius 2 is 2.18 bits per heavy atom. The molecule has 5 heteroatoms. The smallest absolute Gasteiger partial charge is 0.336 e. The Balaban J connectivity index is 2.49. The van der Waals surface area contributed by atoms with Crippen LogP contribution in [-0.4, -0.2) is 36.9 Å². The van der Waals surface area contributed by atoms with E-state index in [4.69, 9.17) is 16.3 Å². The molecule has 1 saturated heterocycles. The number of carboxylic acids is 1. The molecule has 0 aromatic heterocycles. The van der Waals surface area contributed by atoms with Gasteiger partial charge in [0.05, 0.1) is 5.56 Å². The van der Waals surface area contributed by atoms with Crippen molar-refractivity contribution in [1.82, 2.24) is 0 Å². The highest BCUT2D eigenvalue weighted by Crippen LogP contribution is 2.32. The normalized spacial score (nSPS) is 15.5. The van der Waals surface area contributed by atoms with Gasteiger partial charge in [0.25, 0.3) is 0 Å². The lowest BCUT2D eigenvalue weighted by Gasteiger charge is -2.37. The van der Waals surface area contributed by atoms with Crippen LogP contribution in [-0.2, 0) is 11.2 Å². The molecule has 120 valence electrons. The van der Waals surface area contributed by atoms with Crippen molar-refractivity contribution in [3.05, 3.63) is 40.9 Å². The van der Waals surface area contributed by atoms with Crippen molar-refractivity contribution in [1.29, 1.82) is 0 Å². The number of hydrogen-bond donors (Lipinski definition) is 1. The number of nitrogens with zero attached hydrogens (tertiary/aromatic N) is 1. The summed E-state index contributed by atoms with van der Waals surface area (Å²) in [6, 6.07) is 3.73. The van der Waals surface area contributed by atoms with Gasteiger partial charge in [-0.1, -0.05) is 17.7 Å². The third-order valence-corrected chi connectivity index (χ3v) is 4.27. The third-order valence-electron chi connectivity index (χ3n) is 4.05. The van der Waals surface area contributed by atoms with Crippen LogP contribution in [0.4, 0.5) is 5.69 Å². The van der Waals surface area contributed by atoms with Crippen molar-refractivity contribution in [2.45, 2.75) is 32.2 Å². The highest BCUT2D eigenvalue weighted by molar-refractivity contribution is 6.31. The number of benzene rings is 1. The minimum absolute atomic E-state index is 0.257. The highest BCUT2D eigenvalue weighted by Gasteiger charge is 2.25. The number of aromatic carboxylic acids is 1. The van der Waals surface area contributed by atoms with Gasteiger partial charge in [0.2, 0.25) is 0 Å². The van der Waals surface area contributed by atoms with Crippen LogP contribution in [0, 0.1) is 0 Å². The number of anilines is 1. The maximum atomic E-state index is 11.6. The second-order valence-electron chi connectivity index (χ2n) is 5.38. The largest absolute Gasteiger partial charge is 0.478 e. The maximum absolute atomic E-state index is 11.6. The van der Waals surface area contributed by atoms with Crippen LogP contribution in [0.25, 0.3) is 0 Å². The molecule has 1 aromatic rings. The van der Waals surface area contributed by atoms with E-state index in [2.05, 4.69) is 18.4 Å².